The van der Waals surface area contributed by atoms with Crippen molar-refractivity contribution in [3.8, 4) is 78.7 Å². The van der Waals surface area contributed by atoms with Crippen LogP contribution in [0.2, 0.25) is 0 Å². The van der Waals surface area contributed by atoms with Crippen molar-refractivity contribution in [3.63, 3.8) is 0 Å². The monoisotopic (exact) mass is 775 g/mol. The van der Waals surface area contributed by atoms with Gasteiger partial charge in [0.05, 0.1) is 27.5 Å². The fourth-order valence-electron chi connectivity index (χ4n) is 8.22. The third-order valence-corrected chi connectivity index (χ3v) is 12.5. The first kappa shape index (κ1) is 35.1. The molecule has 5 heterocycles. The minimum Gasteiger partial charge on any atom is -0.307 e. The summed E-state index contributed by atoms with van der Waals surface area (Å²) in [4.78, 5) is 20.4. The number of hydrogen-bond acceptors (Lipinski definition) is 6. The van der Waals surface area contributed by atoms with Crippen LogP contribution in [-0.4, -0.2) is 26.5 Å². The first-order valence-corrected chi connectivity index (χ1v) is 20.8. The van der Waals surface area contributed by atoms with Crippen molar-refractivity contribution < 1.29 is 0 Å². The molecule has 1 N–H and O–H groups in total. The van der Waals surface area contributed by atoms with Crippen molar-refractivity contribution in [2.75, 3.05) is 6.54 Å². The van der Waals surface area contributed by atoms with Gasteiger partial charge in [-0.2, -0.15) is 0 Å². The van der Waals surface area contributed by atoms with Gasteiger partial charge in [-0.05, 0) is 64.6 Å². The molecule has 280 valence electrons. The summed E-state index contributed by atoms with van der Waals surface area (Å²) in [7, 11) is 0. The van der Waals surface area contributed by atoms with Gasteiger partial charge in [-0.1, -0.05) is 146 Å². The van der Waals surface area contributed by atoms with Gasteiger partial charge in [0.15, 0.2) is 5.82 Å². The van der Waals surface area contributed by atoms with Crippen LogP contribution in [0.25, 0.3) is 98.8 Å². The molecular weight excluding hydrogens is 739 g/mol. The molecule has 11 rings (SSSR count). The summed E-state index contributed by atoms with van der Waals surface area (Å²) in [5.74, 6) is 0.740. The number of hydrogen-bond donors (Lipinski definition) is 1. The Labute approximate surface area is 346 Å². The van der Waals surface area contributed by atoms with Crippen LogP contribution in [0.3, 0.4) is 0 Å². The Morgan fingerprint density at radius 1 is 0.492 bits per heavy atom. The minimum atomic E-state index is 0.342. The number of aromatic nitrogens is 4. The SMILES string of the molecule is Cc1c(-c2ccccc2)cc(-c2ccccc2)nc1-c1cncc2sc3ccc(-c4ccc(-c5cc(-c6ccccc6)nc(-c6ccccc6C6CN6)n5)cc4)cc3c12. The van der Waals surface area contributed by atoms with E-state index in [0.29, 0.717) is 6.04 Å². The number of nitrogens with zero attached hydrogens (tertiary/aromatic N) is 4. The summed E-state index contributed by atoms with van der Waals surface area (Å²) in [6, 6.07) is 60.2. The molecule has 0 amide bonds. The van der Waals surface area contributed by atoms with Gasteiger partial charge in [0.25, 0.3) is 0 Å². The highest BCUT2D eigenvalue weighted by atomic mass is 32.1. The molecule has 5 nitrogen and oxygen atoms in total. The van der Waals surface area contributed by atoms with Crippen LogP contribution in [0.4, 0.5) is 0 Å². The Morgan fingerprint density at radius 3 is 1.75 bits per heavy atom. The Balaban J connectivity index is 1.01. The molecule has 0 saturated carbocycles. The second-order valence-electron chi connectivity index (χ2n) is 15.1. The van der Waals surface area contributed by atoms with Gasteiger partial charge in [0.1, 0.15) is 0 Å². The summed E-state index contributed by atoms with van der Waals surface area (Å²) in [6.07, 6.45) is 3.99. The van der Waals surface area contributed by atoms with Crippen LogP contribution in [0.15, 0.2) is 182 Å². The van der Waals surface area contributed by atoms with Crippen molar-refractivity contribution in [2.45, 2.75) is 13.0 Å². The van der Waals surface area contributed by atoms with E-state index in [1.54, 1.807) is 11.3 Å². The third kappa shape index (κ3) is 6.58. The number of nitrogens with one attached hydrogen (secondary N) is 1. The summed E-state index contributed by atoms with van der Waals surface area (Å²) in [5, 5.41) is 5.85. The number of fused-ring (bicyclic) bond motifs is 3. The smallest absolute Gasteiger partial charge is 0.160 e. The molecule has 0 aliphatic carbocycles. The van der Waals surface area contributed by atoms with Gasteiger partial charge in [-0.25, -0.2) is 15.0 Å². The lowest BCUT2D eigenvalue weighted by Crippen LogP contribution is -1.99. The molecular formula is C53H37N5S. The average Bonchev–Trinajstić information content (AvgIpc) is 4.09. The van der Waals surface area contributed by atoms with Crippen LogP contribution in [0, 0.1) is 6.92 Å². The number of benzene rings is 6. The summed E-state index contributed by atoms with van der Waals surface area (Å²) in [5.41, 5.74) is 16.0. The highest BCUT2D eigenvalue weighted by molar-refractivity contribution is 7.25. The fraction of sp³-hybridized carbons (Fsp3) is 0.0566. The fourth-order valence-corrected chi connectivity index (χ4v) is 9.30. The van der Waals surface area contributed by atoms with E-state index < -0.39 is 0 Å². The normalized spacial score (nSPS) is 13.5. The van der Waals surface area contributed by atoms with E-state index in [2.05, 4.69) is 170 Å². The molecule has 6 heteroatoms. The molecule has 1 aliphatic heterocycles. The van der Waals surface area contributed by atoms with Crippen LogP contribution in [-0.2, 0) is 0 Å². The summed E-state index contributed by atoms with van der Waals surface area (Å²) in [6.45, 7) is 3.16. The minimum absolute atomic E-state index is 0.342. The number of thiophene rings is 1. The van der Waals surface area contributed by atoms with Crippen molar-refractivity contribution in [1.82, 2.24) is 25.3 Å². The number of pyridine rings is 2. The predicted octanol–water partition coefficient (Wildman–Crippen LogP) is 13.3. The second-order valence-corrected chi connectivity index (χ2v) is 16.2. The van der Waals surface area contributed by atoms with Crippen molar-refractivity contribution in [3.05, 3.63) is 193 Å². The lowest BCUT2D eigenvalue weighted by atomic mass is 9.93. The zero-order valence-electron chi connectivity index (χ0n) is 32.3. The van der Waals surface area contributed by atoms with Crippen molar-refractivity contribution >= 4 is 31.5 Å². The maximum absolute atomic E-state index is 5.37. The molecule has 10 aromatic rings. The lowest BCUT2D eigenvalue weighted by Gasteiger charge is -2.15. The van der Waals surface area contributed by atoms with Crippen LogP contribution in [0.5, 0.6) is 0 Å². The molecule has 1 atom stereocenters. The van der Waals surface area contributed by atoms with E-state index in [-0.39, 0.29) is 0 Å². The van der Waals surface area contributed by atoms with Crippen molar-refractivity contribution in [1.29, 1.82) is 0 Å². The van der Waals surface area contributed by atoms with Crippen LogP contribution in [0.1, 0.15) is 17.2 Å². The Morgan fingerprint density at radius 2 is 1.07 bits per heavy atom. The van der Waals surface area contributed by atoms with E-state index in [0.717, 1.165) is 84.4 Å². The van der Waals surface area contributed by atoms with E-state index in [9.17, 15) is 0 Å². The second kappa shape index (κ2) is 14.7. The molecule has 1 saturated heterocycles. The molecule has 1 fully saturated rings. The van der Waals surface area contributed by atoms with Gasteiger partial charge < -0.3 is 5.32 Å². The highest BCUT2D eigenvalue weighted by Crippen LogP contribution is 2.43. The lowest BCUT2D eigenvalue weighted by molar-refractivity contribution is 1.07. The van der Waals surface area contributed by atoms with Gasteiger partial charge in [-0.3, -0.25) is 4.98 Å². The Bertz CT molecular complexity index is 3160. The average molecular weight is 776 g/mol. The van der Waals surface area contributed by atoms with Gasteiger partial charge in [0.2, 0.25) is 0 Å². The first-order chi connectivity index (χ1) is 29.1. The zero-order valence-corrected chi connectivity index (χ0v) is 33.1. The molecule has 0 bridgehead atoms. The number of rotatable bonds is 8. The standard InChI is InChI=1S/C53H37N5S/c1-33-42(35-13-5-2-6-14-35)28-45(36-15-7-3-8-16-36)56-52(33)44-30-54-32-50-51(44)43-27-39(25-26-49(43)59-50)34-21-23-38(24-22-34)47-29-46(37-17-9-4-10-18-37)57-53(58-47)41-20-12-11-19-40(41)48-31-55-48/h2-30,32,48,55H,31H2,1H3. The summed E-state index contributed by atoms with van der Waals surface area (Å²) >= 11 is 1.78. The topological polar surface area (TPSA) is 73.5 Å². The van der Waals surface area contributed by atoms with E-state index >= 15 is 0 Å². The van der Waals surface area contributed by atoms with E-state index in [1.807, 2.05) is 24.5 Å². The van der Waals surface area contributed by atoms with Gasteiger partial charge in [0, 0.05) is 68.3 Å². The van der Waals surface area contributed by atoms with Gasteiger partial charge in [-0.15, -0.1) is 11.3 Å². The summed E-state index contributed by atoms with van der Waals surface area (Å²) < 4.78 is 2.36. The zero-order chi connectivity index (χ0) is 39.3. The quantitative estimate of drug-likeness (QED) is 0.156. The Hall–Kier alpha value is -7.12. The van der Waals surface area contributed by atoms with Crippen LogP contribution < -0.4 is 5.32 Å². The maximum Gasteiger partial charge on any atom is 0.160 e. The van der Waals surface area contributed by atoms with Crippen molar-refractivity contribution in [2.24, 2.45) is 0 Å². The van der Waals surface area contributed by atoms with Crippen LogP contribution >= 0.6 is 11.3 Å². The third-order valence-electron chi connectivity index (χ3n) is 11.4. The highest BCUT2D eigenvalue weighted by Gasteiger charge is 2.26. The maximum atomic E-state index is 5.37. The van der Waals surface area contributed by atoms with Gasteiger partial charge >= 0.3 is 0 Å². The molecule has 0 spiro atoms. The largest absolute Gasteiger partial charge is 0.307 e. The Kier molecular flexibility index (Phi) is 8.72. The molecule has 6 aromatic carbocycles. The predicted molar refractivity (Wildman–Crippen MR) is 244 cm³/mol. The molecule has 1 unspecified atom stereocenters. The van der Waals surface area contributed by atoms with E-state index in [4.69, 9.17) is 19.9 Å². The first-order valence-electron chi connectivity index (χ1n) is 20.0. The van der Waals surface area contributed by atoms with E-state index in [1.165, 1.54) is 32.2 Å². The molecule has 0 radical (unpaired) electrons. The molecule has 59 heavy (non-hydrogen) atoms. The molecule has 1 aliphatic rings. The molecule has 4 aromatic heterocycles.